The number of pyridine rings is 1. The van der Waals surface area contributed by atoms with Crippen LogP contribution >= 0.6 is 0 Å². The molecular weight excluding hydrogens is 258 g/mol. The molecule has 0 saturated heterocycles. The van der Waals surface area contributed by atoms with Gasteiger partial charge in [0.15, 0.2) is 0 Å². The lowest BCUT2D eigenvalue weighted by Gasteiger charge is -2.22. The van der Waals surface area contributed by atoms with E-state index >= 15 is 0 Å². The molecule has 0 aliphatic rings. The first-order chi connectivity index (χ1) is 9.47. The average Bonchev–Trinajstić information content (AvgIpc) is 2.40. The molecule has 0 aliphatic carbocycles. The predicted octanol–water partition coefficient (Wildman–Crippen LogP) is 2.73. The van der Waals surface area contributed by atoms with Gasteiger partial charge in [-0.3, -0.25) is 4.98 Å². The van der Waals surface area contributed by atoms with Crippen molar-refractivity contribution in [1.29, 1.82) is 0 Å². The van der Waals surface area contributed by atoms with Gasteiger partial charge in [-0.25, -0.2) is 9.59 Å². The van der Waals surface area contributed by atoms with E-state index in [1.54, 1.807) is 0 Å². The van der Waals surface area contributed by atoms with Crippen molar-refractivity contribution in [1.82, 2.24) is 10.3 Å². The fourth-order valence-corrected chi connectivity index (χ4v) is 2.11. The minimum Gasteiger partial charge on any atom is -0.478 e. The van der Waals surface area contributed by atoms with Crippen molar-refractivity contribution < 1.29 is 14.7 Å². The highest BCUT2D eigenvalue weighted by Crippen LogP contribution is 2.13. The first kappa shape index (κ1) is 15.9. The minimum atomic E-state index is -1.08. The number of aromatic carboxylic acids is 1. The number of nitrogens with one attached hydrogen (secondary N) is 2. The van der Waals surface area contributed by atoms with Gasteiger partial charge in [0.1, 0.15) is 0 Å². The first-order valence-electron chi connectivity index (χ1n) is 6.73. The molecule has 2 amide bonds. The van der Waals surface area contributed by atoms with Gasteiger partial charge in [-0.2, -0.15) is 0 Å². The summed E-state index contributed by atoms with van der Waals surface area (Å²) < 4.78 is 0. The second kappa shape index (κ2) is 7.47. The van der Waals surface area contributed by atoms with Gasteiger partial charge in [0, 0.05) is 12.2 Å². The molecule has 0 saturated carbocycles. The van der Waals surface area contributed by atoms with E-state index in [1.807, 2.05) is 6.92 Å². The van der Waals surface area contributed by atoms with Crippen molar-refractivity contribution in [3.63, 3.8) is 0 Å². The number of carbonyl (C=O) groups excluding carboxylic acids is 1. The van der Waals surface area contributed by atoms with Crippen molar-refractivity contribution >= 4 is 17.7 Å². The highest BCUT2D eigenvalue weighted by atomic mass is 16.4. The van der Waals surface area contributed by atoms with E-state index in [9.17, 15) is 9.59 Å². The zero-order valence-electron chi connectivity index (χ0n) is 12.0. The molecule has 1 rings (SSSR count). The fraction of sp³-hybridized carbons (Fsp3) is 0.500. The Morgan fingerprint density at radius 1 is 1.30 bits per heavy atom. The molecule has 1 aromatic rings. The molecule has 0 aliphatic heterocycles. The monoisotopic (exact) mass is 279 g/mol. The number of urea groups is 1. The average molecular weight is 279 g/mol. The topological polar surface area (TPSA) is 91.3 Å². The van der Waals surface area contributed by atoms with Gasteiger partial charge in [0.05, 0.1) is 17.4 Å². The SMILES string of the molecule is CCC(CC)C(C)NC(=O)Nc1cncc(C(=O)O)c1. The Hall–Kier alpha value is -2.11. The third-order valence-corrected chi connectivity index (χ3v) is 3.36. The molecule has 1 heterocycles. The quantitative estimate of drug-likeness (QED) is 0.746. The molecule has 0 spiro atoms. The summed E-state index contributed by atoms with van der Waals surface area (Å²) >= 11 is 0. The summed E-state index contributed by atoms with van der Waals surface area (Å²) in [4.78, 5) is 26.4. The number of carboxylic acid groups (broad SMARTS) is 1. The molecular formula is C14H21N3O3. The van der Waals surface area contributed by atoms with Crippen molar-refractivity contribution in [2.75, 3.05) is 5.32 Å². The van der Waals surface area contributed by atoms with Gasteiger partial charge in [-0.15, -0.1) is 0 Å². The highest BCUT2D eigenvalue weighted by molar-refractivity contribution is 5.92. The third kappa shape index (κ3) is 4.53. The van der Waals surface area contributed by atoms with Crippen molar-refractivity contribution in [2.45, 2.75) is 39.7 Å². The van der Waals surface area contributed by atoms with Gasteiger partial charge < -0.3 is 15.7 Å². The lowest BCUT2D eigenvalue weighted by molar-refractivity contribution is 0.0696. The molecule has 20 heavy (non-hydrogen) atoms. The van der Waals surface area contributed by atoms with Crippen LogP contribution in [0.1, 0.15) is 44.0 Å². The molecule has 110 valence electrons. The van der Waals surface area contributed by atoms with Crippen LogP contribution in [-0.2, 0) is 0 Å². The molecule has 0 bridgehead atoms. The summed E-state index contributed by atoms with van der Waals surface area (Å²) in [6.45, 7) is 6.14. The number of anilines is 1. The Kier molecular flexibility index (Phi) is 5.96. The molecule has 0 aromatic carbocycles. The van der Waals surface area contributed by atoms with E-state index in [0.29, 0.717) is 11.6 Å². The van der Waals surface area contributed by atoms with E-state index in [4.69, 9.17) is 5.11 Å². The standard InChI is InChI=1S/C14H21N3O3/c1-4-10(5-2)9(3)16-14(20)17-12-6-11(13(18)19)7-15-8-12/h6-10H,4-5H2,1-3H3,(H,18,19)(H2,16,17,20). The molecule has 1 aromatic heterocycles. The predicted molar refractivity (Wildman–Crippen MR) is 76.9 cm³/mol. The summed E-state index contributed by atoms with van der Waals surface area (Å²) in [5.41, 5.74) is 0.398. The van der Waals surface area contributed by atoms with Gasteiger partial charge in [-0.1, -0.05) is 26.7 Å². The highest BCUT2D eigenvalue weighted by Gasteiger charge is 2.16. The maximum Gasteiger partial charge on any atom is 0.337 e. The fourth-order valence-electron chi connectivity index (χ4n) is 2.11. The number of carboxylic acids is 1. The Bertz CT molecular complexity index is 472. The van der Waals surface area contributed by atoms with Crippen LogP contribution in [0.5, 0.6) is 0 Å². The summed E-state index contributed by atoms with van der Waals surface area (Å²) in [5.74, 6) is -0.656. The summed E-state index contributed by atoms with van der Waals surface area (Å²) in [6, 6.07) is 1.07. The third-order valence-electron chi connectivity index (χ3n) is 3.36. The molecule has 6 nitrogen and oxygen atoms in total. The summed E-state index contributed by atoms with van der Waals surface area (Å²) in [6.07, 6.45) is 4.63. The number of aromatic nitrogens is 1. The Morgan fingerprint density at radius 2 is 1.95 bits per heavy atom. The van der Waals surface area contributed by atoms with Crippen LogP contribution < -0.4 is 10.6 Å². The number of carbonyl (C=O) groups is 2. The number of nitrogens with zero attached hydrogens (tertiary/aromatic N) is 1. The van der Waals surface area contributed by atoms with Crippen LogP contribution in [-0.4, -0.2) is 28.1 Å². The molecule has 3 N–H and O–H groups in total. The van der Waals surface area contributed by atoms with Gasteiger partial charge in [0.2, 0.25) is 0 Å². The van der Waals surface area contributed by atoms with Gasteiger partial charge in [-0.05, 0) is 18.9 Å². The van der Waals surface area contributed by atoms with Crippen LogP contribution in [0, 0.1) is 5.92 Å². The summed E-state index contributed by atoms with van der Waals surface area (Å²) in [5, 5.41) is 14.3. The van der Waals surface area contributed by atoms with Crippen LogP contribution in [0.15, 0.2) is 18.5 Å². The van der Waals surface area contributed by atoms with Crippen molar-refractivity contribution in [3.8, 4) is 0 Å². The maximum atomic E-state index is 11.8. The van der Waals surface area contributed by atoms with Crippen LogP contribution in [0.2, 0.25) is 0 Å². The first-order valence-corrected chi connectivity index (χ1v) is 6.73. The lowest BCUT2D eigenvalue weighted by Crippen LogP contribution is -2.40. The smallest absolute Gasteiger partial charge is 0.337 e. The molecule has 0 fully saturated rings. The van der Waals surface area contributed by atoms with E-state index in [1.165, 1.54) is 18.5 Å². The maximum absolute atomic E-state index is 11.8. The Balaban J connectivity index is 2.62. The number of hydrogen-bond donors (Lipinski definition) is 3. The van der Waals surface area contributed by atoms with Gasteiger partial charge in [0.25, 0.3) is 0 Å². The van der Waals surface area contributed by atoms with E-state index in [0.717, 1.165) is 12.8 Å². The Labute approximate surface area is 118 Å². The van der Waals surface area contributed by atoms with Crippen LogP contribution in [0.3, 0.4) is 0 Å². The lowest BCUT2D eigenvalue weighted by atomic mass is 9.96. The van der Waals surface area contributed by atoms with Crippen LogP contribution in [0.25, 0.3) is 0 Å². The number of amides is 2. The van der Waals surface area contributed by atoms with Crippen LogP contribution in [0.4, 0.5) is 10.5 Å². The molecule has 1 atom stereocenters. The number of rotatable bonds is 6. The van der Waals surface area contributed by atoms with E-state index < -0.39 is 5.97 Å². The minimum absolute atomic E-state index is 0.0378. The van der Waals surface area contributed by atoms with Gasteiger partial charge >= 0.3 is 12.0 Å². The zero-order valence-corrected chi connectivity index (χ0v) is 12.0. The van der Waals surface area contributed by atoms with E-state index in [-0.39, 0.29) is 17.6 Å². The second-order valence-electron chi connectivity index (χ2n) is 4.73. The normalized spacial score (nSPS) is 12.0. The largest absolute Gasteiger partial charge is 0.478 e. The molecule has 1 unspecified atom stereocenters. The van der Waals surface area contributed by atoms with E-state index in [2.05, 4.69) is 29.5 Å². The van der Waals surface area contributed by atoms with Crippen molar-refractivity contribution in [2.24, 2.45) is 5.92 Å². The van der Waals surface area contributed by atoms with Crippen molar-refractivity contribution in [3.05, 3.63) is 24.0 Å². The Morgan fingerprint density at radius 3 is 2.50 bits per heavy atom. The second-order valence-corrected chi connectivity index (χ2v) is 4.73. The zero-order chi connectivity index (χ0) is 15.1. The molecule has 6 heteroatoms. The molecule has 0 radical (unpaired) electrons. The summed E-state index contributed by atoms with van der Waals surface area (Å²) in [7, 11) is 0. The number of hydrogen-bond acceptors (Lipinski definition) is 3.